The first kappa shape index (κ1) is 19.7. The lowest BCUT2D eigenvalue weighted by Crippen LogP contribution is -2.04. The Morgan fingerprint density at radius 1 is 1.18 bits per heavy atom. The van der Waals surface area contributed by atoms with Crippen LogP contribution in [0, 0.1) is 6.92 Å². The zero-order valence-electron chi connectivity index (χ0n) is 16.4. The number of benzene rings is 2. The van der Waals surface area contributed by atoms with Crippen LogP contribution in [0.2, 0.25) is 0 Å². The number of carbonyl (C=O) groups is 1. The minimum absolute atomic E-state index is 0.0153. The Kier molecular flexibility index (Phi) is 6.14. The van der Waals surface area contributed by atoms with E-state index in [4.69, 9.17) is 14.3 Å². The normalized spacial score (nSPS) is 11.0. The molecule has 146 valence electrons. The van der Waals surface area contributed by atoms with Crippen molar-refractivity contribution in [2.24, 2.45) is 0 Å². The maximum atomic E-state index is 10.8. The third-order valence-corrected chi connectivity index (χ3v) is 4.58. The monoisotopic (exact) mass is 379 g/mol. The maximum Gasteiger partial charge on any atom is 0.307 e. The molecular formula is C23H25NO4. The Balaban J connectivity index is 1.62. The van der Waals surface area contributed by atoms with Gasteiger partial charge in [-0.1, -0.05) is 38.1 Å². The van der Waals surface area contributed by atoms with Crippen LogP contribution in [-0.2, 0) is 17.6 Å². The van der Waals surface area contributed by atoms with E-state index in [1.807, 2.05) is 25.1 Å². The van der Waals surface area contributed by atoms with E-state index >= 15 is 0 Å². The summed E-state index contributed by atoms with van der Waals surface area (Å²) in [6.07, 6.45) is 0.598. The van der Waals surface area contributed by atoms with Gasteiger partial charge in [0, 0.05) is 12.0 Å². The standard InChI is InChI=1S/C23H25NO4/c1-15(2)18-7-9-19(10-8-18)23-24-21(16(3)28-23)11-12-27-20-6-4-5-17(13-20)14-22(25)26/h4-10,13,15H,11-12,14H2,1-3H3,(H,25,26). The van der Waals surface area contributed by atoms with E-state index in [1.165, 1.54) is 5.56 Å². The van der Waals surface area contributed by atoms with Gasteiger partial charge in [0.2, 0.25) is 5.89 Å². The van der Waals surface area contributed by atoms with E-state index in [9.17, 15) is 4.79 Å². The summed E-state index contributed by atoms with van der Waals surface area (Å²) in [7, 11) is 0. The summed E-state index contributed by atoms with van der Waals surface area (Å²) in [6, 6.07) is 15.4. The van der Waals surface area contributed by atoms with E-state index in [2.05, 4.69) is 31.0 Å². The SMILES string of the molecule is Cc1oc(-c2ccc(C(C)C)cc2)nc1CCOc1cccc(CC(=O)O)c1. The molecule has 1 heterocycles. The van der Waals surface area contributed by atoms with Crippen LogP contribution < -0.4 is 4.74 Å². The predicted molar refractivity (Wildman–Crippen MR) is 108 cm³/mol. The molecular weight excluding hydrogens is 354 g/mol. The average Bonchev–Trinajstić information content (AvgIpc) is 3.02. The van der Waals surface area contributed by atoms with Crippen molar-refractivity contribution in [3.05, 3.63) is 71.1 Å². The molecule has 2 aromatic carbocycles. The van der Waals surface area contributed by atoms with Crippen LogP contribution in [0.1, 0.15) is 42.3 Å². The quantitative estimate of drug-likeness (QED) is 0.595. The molecule has 0 aliphatic carbocycles. The van der Waals surface area contributed by atoms with Gasteiger partial charge in [0.1, 0.15) is 11.5 Å². The summed E-state index contributed by atoms with van der Waals surface area (Å²) in [5.74, 6) is 1.69. The lowest BCUT2D eigenvalue weighted by atomic mass is 10.0. The molecule has 0 aliphatic heterocycles. The molecule has 0 radical (unpaired) electrons. The minimum Gasteiger partial charge on any atom is -0.493 e. The third kappa shape index (κ3) is 5.00. The van der Waals surface area contributed by atoms with Gasteiger partial charge in [0.15, 0.2) is 0 Å². The maximum absolute atomic E-state index is 10.8. The van der Waals surface area contributed by atoms with E-state index in [0.717, 1.165) is 22.6 Å². The van der Waals surface area contributed by atoms with Crippen LogP contribution in [-0.4, -0.2) is 22.7 Å². The highest BCUT2D eigenvalue weighted by Crippen LogP contribution is 2.24. The summed E-state index contributed by atoms with van der Waals surface area (Å²) in [5, 5.41) is 8.89. The fourth-order valence-corrected chi connectivity index (χ4v) is 2.98. The van der Waals surface area contributed by atoms with Crippen molar-refractivity contribution in [2.45, 2.75) is 39.5 Å². The zero-order chi connectivity index (χ0) is 20.1. The summed E-state index contributed by atoms with van der Waals surface area (Å²) >= 11 is 0. The topological polar surface area (TPSA) is 72.6 Å². The van der Waals surface area contributed by atoms with Crippen molar-refractivity contribution < 1.29 is 19.1 Å². The Morgan fingerprint density at radius 2 is 1.93 bits per heavy atom. The van der Waals surface area contributed by atoms with Gasteiger partial charge in [0.05, 0.1) is 18.7 Å². The van der Waals surface area contributed by atoms with Crippen LogP contribution in [0.3, 0.4) is 0 Å². The number of nitrogens with zero attached hydrogens (tertiary/aromatic N) is 1. The van der Waals surface area contributed by atoms with Crippen molar-refractivity contribution in [1.82, 2.24) is 4.98 Å². The van der Waals surface area contributed by atoms with Crippen molar-refractivity contribution in [3.8, 4) is 17.2 Å². The van der Waals surface area contributed by atoms with Gasteiger partial charge in [0.25, 0.3) is 0 Å². The Bertz CT molecular complexity index is 941. The average molecular weight is 379 g/mol. The number of carboxylic acids is 1. The second kappa shape index (κ2) is 8.74. The molecule has 0 aliphatic rings. The molecule has 3 rings (SSSR count). The summed E-state index contributed by atoms with van der Waals surface area (Å²) in [6.45, 7) is 6.68. The van der Waals surface area contributed by atoms with Crippen LogP contribution in [0.25, 0.3) is 11.5 Å². The molecule has 0 spiro atoms. The van der Waals surface area contributed by atoms with Crippen LogP contribution in [0.4, 0.5) is 0 Å². The van der Waals surface area contributed by atoms with Crippen molar-refractivity contribution in [1.29, 1.82) is 0 Å². The number of ether oxygens (including phenoxy) is 1. The molecule has 3 aromatic rings. The Morgan fingerprint density at radius 3 is 2.61 bits per heavy atom. The van der Waals surface area contributed by atoms with Gasteiger partial charge < -0.3 is 14.3 Å². The fourth-order valence-electron chi connectivity index (χ4n) is 2.98. The number of carboxylic acid groups (broad SMARTS) is 1. The molecule has 0 unspecified atom stereocenters. The van der Waals surface area contributed by atoms with E-state index in [0.29, 0.717) is 30.6 Å². The van der Waals surface area contributed by atoms with Crippen LogP contribution in [0.15, 0.2) is 52.9 Å². The Hall–Kier alpha value is -3.08. The van der Waals surface area contributed by atoms with Gasteiger partial charge in [-0.15, -0.1) is 0 Å². The van der Waals surface area contributed by atoms with E-state index < -0.39 is 5.97 Å². The number of aryl methyl sites for hydroxylation is 1. The fraction of sp³-hybridized carbons (Fsp3) is 0.304. The van der Waals surface area contributed by atoms with Gasteiger partial charge >= 0.3 is 5.97 Å². The third-order valence-electron chi connectivity index (χ3n) is 4.58. The van der Waals surface area contributed by atoms with Crippen molar-refractivity contribution in [3.63, 3.8) is 0 Å². The first-order valence-corrected chi connectivity index (χ1v) is 9.42. The molecule has 0 fully saturated rings. The first-order chi connectivity index (χ1) is 13.4. The van der Waals surface area contributed by atoms with Gasteiger partial charge in [-0.05, 0) is 48.2 Å². The smallest absolute Gasteiger partial charge is 0.307 e. The number of hydrogen-bond donors (Lipinski definition) is 1. The molecule has 0 saturated heterocycles. The second-order valence-corrected chi connectivity index (χ2v) is 7.11. The summed E-state index contributed by atoms with van der Waals surface area (Å²) in [5.41, 5.74) is 3.83. The highest BCUT2D eigenvalue weighted by atomic mass is 16.5. The van der Waals surface area contributed by atoms with Gasteiger partial charge in [-0.2, -0.15) is 0 Å². The molecule has 0 amide bonds. The first-order valence-electron chi connectivity index (χ1n) is 9.42. The predicted octanol–water partition coefficient (Wildman–Crippen LogP) is 5.02. The van der Waals surface area contributed by atoms with E-state index in [1.54, 1.807) is 18.2 Å². The molecule has 0 bridgehead atoms. The molecule has 1 N–H and O–H groups in total. The van der Waals surface area contributed by atoms with Crippen molar-refractivity contribution in [2.75, 3.05) is 6.61 Å². The van der Waals surface area contributed by atoms with Crippen molar-refractivity contribution >= 4 is 5.97 Å². The number of rotatable bonds is 8. The minimum atomic E-state index is -0.857. The number of hydrogen-bond acceptors (Lipinski definition) is 4. The lowest BCUT2D eigenvalue weighted by molar-refractivity contribution is -0.136. The molecule has 0 saturated carbocycles. The molecule has 5 nitrogen and oxygen atoms in total. The van der Waals surface area contributed by atoms with Gasteiger partial charge in [-0.3, -0.25) is 4.79 Å². The Labute approximate surface area is 165 Å². The highest BCUT2D eigenvalue weighted by Gasteiger charge is 2.12. The largest absolute Gasteiger partial charge is 0.493 e. The summed E-state index contributed by atoms with van der Waals surface area (Å²) in [4.78, 5) is 15.4. The number of oxazole rings is 1. The van der Waals surface area contributed by atoms with E-state index in [-0.39, 0.29) is 6.42 Å². The number of aromatic nitrogens is 1. The zero-order valence-corrected chi connectivity index (χ0v) is 16.4. The molecule has 0 atom stereocenters. The second-order valence-electron chi connectivity index (χ2n) is 7.11. The summed E-state index contributed by atoms with van der Waals surface area (Å²) < 4.78 is 11.6. The highest BCUT2D eigenvalue weighted by molar-refractivity contribution is 5.70. The lowest BCUT2D eigenvalue weighted by Gasteiger charge is -2.06. The number of aliphatic carboxylic acids is 1. The van der Waals surface area contributed by atoms with Gasteiger partial charge in [-0.25, -0.2) is 4.98 Å². The molecule has 1 aromatic heterocycles. The van der Waals surface area contributed by atoms with Crippen LogP contribution in [0.5, 0.6) is 5.75 Å². The molecule has 28 heavy (non-hydrogen) atoms. The van der Waals surface area contributed by atoms with Crippen LogP contribution >= 0.6 is 0 Å². The molecule has 5 heteroatoms.